The van der Waals surface area contributed by atoms with Gasteiger partial charge in [-0.05, 0) is 61.1 Å². The molecular formula is C15H25BrN4. The molecule has 5 heteroatoms. The number of hydrogen-bond donors (Lipinski definition) is 1. The lowest BCUT2D eigenvalue weighted by Gasteiger charge is -2.24. The van der Waals surface area contributed by atoms with E-state index in [-0.39, 0.29) is 0 Å². The standard InChI is InChI=1S/C15H25BrN4/c1-4-13-15(16)14(20(5-2)18-13)9-19-8-11-6-17-7-12(11)10(19)3/h10-12,17H,4-9H2,1-3H3. The van der Waals surface area contributed by atoms with Gasteiger partial charge in [0, 0.05) is 25.7 Å². The lowest BCUT2D eigenvalue weighted by atomic mass is 9.95. The fourth-order valence-electron chi connectivity index (χ4n) is 3.83. The molecule has 0 amide bonds. The molecule has 3 heterocycles. The molecule has 2 fully saturated rings. The Hall–Kier alpha value is -0.390. The fourth-order valence-corrected chi connectivity index (χ4v) is 4.52. The van der Waals surface area contributed by atoms with E-state index in [1.54, 1.807) is 0 Å². The molecule has 0 aromatic carbocycles. The molecule has 112 valence electrons. The first kappa shape index (κ1) is 14.5. The molecule has 1 aromatic rings. The van der Waals surface area contributed by atoms with Crippen LogP contribution < -0.4 is 5.32 Å². The molecule has 2 saturated heterocycles. The van der Waals surface area contributed by atoms with Crippen LogP contribution in [0.1, 0.15) is 32.2 Å². The lowest BCUT2D eigenvalue weighted by molar-refractivity contribution is 0.224. The van der Waals surface area contributed by atoms with E-state index in [4.69, 9.17) is 5.10 Å². The molecule has 20 heavy (non-hydrogen) atoms. The first-order valence-corrected chi connectivity index (χ1v) is 8.63. The number of nitrogens with zero attached hydrogens (tertiary/aromatic N) is 3. The van der Waals surface area contributed by atoms with Crippen molar-refractivity contribution in [3.05, 3.63) is 15.9 Å². The summed E-state index contributed by atoms with van der Waals surface area (Å²) in [5, 5.41) is 8.25. The Morgan fingerprint density at radius 3 is 2.80 bits per heavy atom. The molecule has 3 atom stereocenters. The van der Waals surface area contributed by atoms with Crippen LogP contribution in [-0.2, 0) is 19.5 Å². The summed E-state index contributed by atoms with van der Waals surface area (Å²) in [7, 11) is 0. The van der Waals surface area contributed by atoms with Crippen molar-refractivity contribution < 1.29 is 0 Å². The average Bonchev–Trinajstić information content (AvgIpc) is 3.09. The molecular weight excluding hydrogens is 316 g/mol. The molecule has 1 N–H and O–H groups in total. The maximum Gasteiger partial charge on any atom is 0.0767 e. The number of likely N-dealkylation sites (tertiary alicyclic amines) is 1. The van der Waals surface area contributed by atoms with E-state index in [0.29, 0.717) is 6.04 Å². The average molecular weight is 341 g/mol. The smallest absolute Gasteiger partial charge is 0.0767 e. The van der Waals surface area contributed by atoms with Crippen LogP contribution in [0.25, 0.3) is 0 Å². The quantitative estimate of drug-likeness (QED) is 0.912. The number of rotatable bonds is 4. The van der Waals surface area contributed by atoms with Crippen molar-refractivity contribution in [2.24, 2.45) is 11.8 Å². The van der Waals surface area contributed by atoms with E-state index in [2.05, 4.69) is 51.6 Å². The Kier molecular flexibility index (Phi) is 4.20. The van der Waals surface area contributed by atoms with Gasteiger partial charge in [-0.25, -0.2) is 0 Å². The molecule has 0 bridgehead atoms. The largest absolute Gasteiger partial charge is 0.316 e. The van der Waals surface area contributed by atoms with E-state index >= 15 is 0 Å². The zero-order chi connectivity index (χ0) is 14.3. The van der Waals surface area contributed by atoms with E-state index in [1.807, 2.05) is 0 Å². The van der Waals surface area contributed by atoms with Crippen molar-refractivity contribution in [1.82, 2.24) is 20.0 Å². The van der Waals surface area contributed by atoms with Gasteiger partial charge in [0.1, 0.15) is 0 Å². The number of halogens is 1. The summed E-state index contributed by atoms with van der Waals surface area (Å²) in [6.07, 6.45) is 0.991. The number of nitrogens with one attached hydrogen (secondary N) is 1. The van der Waals surface area contributed by atoms with Crippen LogP contribution >= 0.6 is 15.9 Å². The summed E-state index contributed by atoms with van der Waals surface area (Å²) in [5.74, 6) is 1.67. The normalized spacial score (nSPS) is 30.1. The number of aryl methyl sites for hydroxylation is 2. The molecule has 1 aromatic heterocycles. The summed E-state index contributed by atoms with van der Waals surface area (Å²) in [6.45, 7) is 12.3. The van der Waals surface area contributed by atoms with Crippen LogP contribution in [0.5, 0.6) is 0 Å². The Morgan fingerprint density at radius 1 is 1.35 bits per heavy atom. The Bertz CT molecular complexity index is 484. The predicted octanol–water partition coefficient (Wildman–Crippen LogP) is 2.27. The zero-order valence-electron chi connectivity index (χ0n) is 12.7. The lowest BCUT2D eigenvalue weighted by Crippen LogP contribution is -2.33. The van der Waals surface area contributed by atoms with E-state index in [0.717, 1.165) is 31.3 Å². The van der Waals surface area contributed by atoms with Crippen molar-refractivity contribution >= 4 is 15.9 Å². The minimum Gasteiger partial charge on any atom is -0.316 e. The Morgan fingerprint density at radius 2 is 2.15 bits per heavy atom. The maximum absolute atomic E-state index is 4.72. The third-order valence-electron chi connectivity index (χ3n) is 5.10. The highest BCUT2D eigenvalue weighted by Crippen LogP contribution is 2.34. The van der Waals surface area contributed by atoms with Gasteiger partial charge in [-0.1, -0.05) is 6.92 Å². The van der Waals surface area contributed by atoms with Gasteiger partial charge in [0.2, 0.25) is 0 Å². The zero-order valence-corrected chi connectivity index (χ0v) is 14.3. The van der Waals surface area contributed by atoms with Gasteiger partial charge in [0.25, 0.3) is 0 Å². The van der Waals surface area contributed by atoms with Gasteiger partial charge in [-0.2, -0.15) is 5.10 Å². The number of hydrogen-bond acceptors (Lipinski definition) is 3. The van der Waals surface area contributed by atoms with Crippen molar-refractivity contribution in [2.75, 3.05) is 19.6 Å². The van der Waals surface area contributed by atoms with E-state index in [1.165, 1.54) is 35.5 Å². The molecule has 3 unspecified atom stereocenters. The van der Waals surface area contributed by atoms with Crippen LogP contribution in [0.3, 0.4) is 0 Å². The highest BCUT2D eigenvalue weighted by atomic mass is 79.9. The molecule has 4 nitrogen and oxygen atoms in total. The topological polar surface area (TPSA) is 33.1 Å². The first-order chi connectivity index (χ1) is 9.65. The second-order valence-corrected chi connectivity index (χ2v) is 6.92. The van der Waals surface area contributed by atoms with Crippen molar-refractivity contribution in [3.63, 3.8) is 0 Å². The molecule has 3 rings (SSSR count). The highest BCUT2D eigenvalue weighted by molar-refractivity contribution is 9.10. The number of fused-ring (bicyclic) bond motifs is 1. The SMILES string of the molecule is CCc1nn(CC)c(CN2CC3CNCC3C2C)c1Br. The molecule has 0 radical (unpaired) electrons. The van der Waals surface area contributed by atoms with Crippen LogP contribution in [0.2, 0.25) is 0 Å². The third-order valence-corrected chi connectivity index (χ3v) is 6.02. The number of aromatic nitrogens is 2. The molecule has 2 aliphatic rings. The summed E-state index contributed by atoms with van der Waals surface area (Å²) in [6, 6.07) is 0.673. The Labute approximate surface area is 130 Å². The second-order valence-electron chi connectivity index (χ2n) is 6.13. The van der Waals surface area contributed by atoms with Gasteiger partial charge in [0.15, 0.2) is 0 Å². The van der Waals surface area contributed by atoms with E-state index < -0.39 is 0 Å². The molecule has 0 aliphatic carbocycles. The van der Waals surface area contributed by atoms with Crippen molar-refractivity contribution in [2.45, 2.75) is 46.3 Å². The van der Waals surface area contributed by atoms with Gasteiger partial charge < -0.3 is 5.32 Å². The van der Waals surface area contributed by atoms with Crippen molar-refractivity contribution in [3.8, 4) is 0 Å². The predicted molar refractivity (Wildman–Crippen MR) is 84.7 cm³/mol. The Balaban J connectivity index is 1.80. The summed E-state index contributed by atoms with van der Waals surface area (Å²) in [4.78, 5) is 2.64. The van der Waals surface area contributed by atoms with Gasteiger partial charge in [-0.3, -0.25) is 9.58 Å². The van der Waals surface area contributed by atoms with Gasteiger partial charge in [-0.15, -0.1) is 0 Å². The van der Waals surface area contributed by atoms with Gasteiger partial charge in [0.05, 0.1) is 15.9 Å². The first-order valence-electron chi connectivity index (χ1n) is 7.84. The highest BCUT2D eigenvalue weighted by Gasteiger charge is 2.41. The minimum atomic E-state index is 0.673. The third kappa shape index (κ3) is 2.34. The van der Waals surface area contributed by atoms with Crippen LogP contribution in [0.15, 0.2) is 4.47 Å². The van der Waals surface area contributed by atoms with Gasteiger partial charge >= 0.3 is 0 Å². The maximum atomic E-state index is 4.72. The molecule has 2 aliphatic heterocycles. The summed E-state index contributed by atoms with van der Waals surface area (Å²) in [5.41, 5.74) is 2.54. The molecule has 0 spiro atoms. The monoisotopic (exact) mass is 340 g/mol. The second kappa shape index (κ2) is 5.78. The van der Waals surface area contributed by atoms with E-state index in [9.17, 15) is 0 Å². The summed E-state index contributed by atoms with van der Waals surface area (Å²) >= 11 is 3.77. The van der Waals surface area contributed by atoms with Crippen LogP contribution in [-0.4, -0.2) is 40.4 Å². The fraction of sp³-hybridized carbons (Fsp3) is 0.800. The van der Waals surface area contributed by atoms with Crippen molar-refractivity contribution in [1.29, 1.82) is 0 Å². The summed E-state index contributed by atoms with van der Waals surface area (Å²) < 4.78 is 3.39. The van der Waals surface area contributed by atoms with Crippen LogP contribution in [0, 0.1) is 11.8 Å². The molecule has 0 saturated carbocycles. The minimum absolute atomic E-state index is 0.673. The van der Waals surface area contributed by atoms with Crippen LogP contribution in [0.4, 0.5) is 0 Å².